The van der Waals surface area contributed by atoms with E-state index in [4.69, 9.17) is 18.9 Å². The van der Waals surface area contributed by atoms with Crippen LogP contribution in [0.2, 0.25) is 0 Å². The molecule has 3 aromatic rings. The van der Waals surface area contributed by atoms with Crippen LogP contribution in [0.15, 0.2) is 82.7 Å². The maximum Gasteiger partial charge on any atom is 0.368 e. The second-order valence-electron chi connectivity index (χ2n) is 16.1. The number of aliphatic hydroxyl groups is 4. The molecule has 3 fully saturated rings. The zero-order valence-electron chi connectivity index (χ0n) is 31.2. The number of fused-ring (bicyclic) bond motifs is 5. The number of aryl methyl sites for hydroxylation is 1. The van der Waals surface area contributed by atoms with Gasteiger partial charge in [-0.1, -0.05) is 51.1 Å². The Morgan fingerprint density at radius 1 is 1.02 bits per heavy atom. The van der Waals surface area contributed by atoms with E-state index >= 15 is 0 Å². The van der Waals surface area contributed by atoms with Crippen LogP contribution in [0.1, 0.15) is 69.3 Å². The normalized spacial score (nSPS) is 35.3. The van der Waals surface area contributed by atoms with Gasteiger partial charge in [-0.15, -0.1) is 0 Å². The number of hydrogen-bond acceptors (Lipinski definition) is 12. The molecule has 1 aliphatic heterocycles. The summed E-state index contributed by atoms with van der Waals surface area (Å²) < 4.78 is 26.3. The van der Waals surface area contributed by atoms with E-state index in [-0.39, 0.29) is 30.6 Å². The van der Waals surface area contributed by atoms with Gasteiger partial charge in [-0.3, -0.25) is 4.79 Å². The highest BCUT2D eigenvalue weighted by molar-refractivity contribution is 7.08. The van der Waals surface area contributed by atoms with Gasteiger partial charge in [-0.25, -0.2) is 9.59 Å². The number of aromatic nitrogens is 1. The number of rotatable bonds is 8. The number of ketones is 1. The minimum atomic E-state index is -2.19. The fraction of sp³-hybridized carbons (Fsp3) is 0.512. The number of ether oxygens (including phenoxy) is 4. The fourth-order valence-corrected chi connectivity index (χ4v) is 10.1. The molecule has 4 aliphatic rings. The van der Waals surface area contributed by atoms with E-state index in [9.17, 15) is 34.8 Å². The molecule has 0 amide bonds. The summed E-state index contributed by atoms with van der Waals surface area (Å²) in [6.07, 6.45) is -7.02. The lowest BCUT2D eigenvalue weighted by Crippen LogP contribution is -2.81. The lowest BCUT2D eigenvalue weighted by Gasteiger charge is -2.66. The molecule has 0 radical (unpaired) electrons. The second-order valence-corrected chi connectivity index (χ2v) is 16.9. The molecule has 7 rings (SSSR count). The molecule has 3 heterocycles. The van der Waals surface area contributed by atoms with Crippen LogP contribution in [0.4, 0.5) is 0 Å². The summed E-state index contributed by atoms with van der Waals surface area (Å²) in [4.78, 5) is 43.1. The molecule has 54 heavy (non-hydrogen) atoms. The molecule has 8 unspecified atom stereocenters. The molecule has 2 aromatic heterocycles. The smallest absolute Gasteiger partial charge is 0.368 e. The van der Waals surface area contributed by atoms with Crippen LogP contribution in [0.3, 0.4) is 0 Å². The highest BCUT2D eigenvalue weighted by Crippen LogP contribution is 2.63. The minimum Gasteiger partial charge on any atom is -0.455 e. The predicted octanol–water partition coefficient (Wildman–Crippen LogP) is 3.20. The molecule has 2 saturated carbocycles. The van der Waals surface area contributed by atoms with Crippen LogP contribution < -0.4 is 9.30 Å². The van der Waals surface area contributed by atoms with Crippen LogP contribution in [-0.4, -0.2) is 92.6 Å². The highest BCUT2D eigenvalue weighted by atomic mass is 32.1. The van der Waals surface area contributed by atoms with E-state index in [0.29, 0.717) is 11.5 Å². The lowest BCUT2D eigenvalue weighted by atomic mass is 9.44. The number of thiophene rings is 1. The first-order valence-corrected chi connectivity index (χ1v) is 19.2. The molecule has 12 nitrogen and oxygen atoms in total. The maximum atomic E-state index is 14.8. The molecular weight excluding hydrogens is 715 g/mol. The average Bonchev–Trinajstić information content (AvgIpc) is 3.69. The number of hydrogen-bond donors (Lipinski definition) is 4. The minimum absolute atomic E-state index is 0.0736. The third-order valence-electron chi connectivity index (χ3n) is 12.9. The van der Waals surface area contributed by atoms with Crippen molar-refractivity contribution in [2.24, 2.45) is 23.8 Å². The number of esters is 2. The van der Waals surface area contributed by atoms with Crippen LogP contribution in [0.5, 0.6) is 5.88 Å². The van der Waals surface area contributed by atoms with Gasteiger partial charge in [-0.05, 0) is 48.1 Å². The maximum absolute atomic E-state index is 14.8. The predicted molar refractivity (Wildman–Crippen MR) is 194 cm³/mol. The quantitative estimate of drug-likeness (QED) is 0.151. The number of Topliss-reactive ketones (excluding diaryl/α,β-unsaturated/α-hetero) is 1. The second kappa shape index (κ2) is 13.6. The summed E-state index contributed by atoms with van der Waals surface area (Å²) in [7, 11) is 1.78. The van der Waals surface area contributed by atoms with Crippen LogP contribution in [0, 0.1) is 16.7 Å². The summed E-state index contributed by atoms with van der Waals surface area (Å²) in [6, 6.07) is 16.2. The van der Waals surface area contributed by atoms with Crippen LogP contribution in [-0.2, 0) is 30.8 Å². The van der Waals surface area contributed by atoms with Crippen molar-refractivity contribution in [3.8, 4) is 5.88 Å². The SMILES string of the molecule is CC1=C2C(O)C(=O)[C@]3(C)C(O)CC4OC[C@@]4(O)C3C(OC(=O)c3ccsc3)C(O)(CC1OC(=O)C(Oc1cccc[n+]1C)[C@@H](C)c1ccccc1)C2(C)C. The Labute approximate surface area is 318 Å². The number of aliphatic hydroxyl groups excluding tert-OH is 2. The number of carbonyl (C=O) groups excluding carboxylic acids is 3. The van der Waals surface area contributed by atoms with Gasteiger partial charge in [-0.2, -0.15) is 15.9 Å². The number of nitrogens with zero attached hydrogens (tertiary/aromatic N) is 1. The first-order valence-electron chi connectivity index (χ1n) is 18.2. The van der Waals surface area contributed by atoms with E-state index in [1.165, 1.54) is 18.3 Å². The van der Waals surface area contributed by atoms with E-state index in [1.807, 2.05) is 43.3 Å². The molecule has 1 aromatic carbocycles. The first-order chi connectivity index (χ1) is 25.5. The van der Waals surface area contributed by atoms with Crippen LogP contribution in [0.25, 0.3) is 0 Å². The summed E-state index contributed by atoms with van der Waals surface area (Å²) in [5, 5.41) is 52.7. The molecule has 11 atom stereocenters. The first kappa shape index (κ1) is 38.3. The highest BCUT2D eigenvalue weighted by Gasteiger charge is 2.76. The zero-order chi connectivity index (χ0) is 39.0. The molecule has 4 N–H and O–H groups in total. The Kier molecular flexibility index (Phi) is 9.68. The Bertz CT molecular complexity index is 1970. The van der Waals surface area contributed by atoms with Crippen molar-refractivity contribution in [2.75, 3.05) is 6.61 Å². The van der Waals surface area contributed by atoms with Crippen molar-refractivity contribution in [2.45, 2.75) is 101 Å². The van der Waals surface area contributed by atoms with E-state index < -0.39 is 88.2 Å². The van der Waals surface area contributed by atoms with Gasteiger partial charge < -0.3 is 39.4 Å². The zero-order valence-corrected chi connectivity index (χ0v) is 32.0. The summed E-state index contributed by atoms with van der Waals surface area (Å²) in [5.74, 6) is -3.96. The van der Waals surface area contributed by atoms with Crippen molar-refractivity contribution < 1.29 is 58.3 Å². The van der Waals surface area contributed by atoms with E-state index in [1.54, 1.807) is 67.5 Å². The van der Waals surface area contributed by atoms with E-state index in [2.05, 4.69) is 0 Å². The van der Waals surface area contributed by atoms with Gasteiger partial charge in [0.25, 0.3) is 0 Å². The lowest BCUT2D eigenvalue weighted by molar-refractivity contribution is -0.677. The molecule has 2 bridgehead atoms. The number of pyridine rings is 1. The molecule has 13 heteroatoms. The third kappa shape index (κ3) is 5.74. The monoisotopic (exact) mass is 762 g/mol. The fourth-order valence-electron chi connectivity index (χ4n) is 9.44. The number of carbonyl (C=O) groups is 3. The largest absolute Gasteiger partial charge is 0.455 e. The van der Waals surface area contributed by atoms with Crippen LogP contribution >= 0.6 is 11.3 Å². The molecular formula is C41H48NO11S+. The van der Waals surface area contributed by atoms with Gasteiger partial charge in [0.15, 0.2) is 12.0 Å². The molecule has 0 spiro atoms. The van der Waals surface area contributed by atoms with Gasteiger partial charge in [0.05, 0.1) is 35.9 Å². The van der Waals surface area contributed by atoms with Gasteiger partial charge in [0.2, 0.25) is 6.10 Å². The summed E-state index contributed by atoms with van der Waals surface area (Å²) >= 11 is 1.26. The Balaban J connectivity index is 1.36. The number of benzene rings is 1. The summed E-state index contributed by atoms with van der Waals surface area (Å²) in [6.45, 7) is 7.91. The Hall–Kier alpha value is -3.98. The molecule has 1 saturated heterocycles. The Morgan fingerprint density at radius 2 is 1.72 bits per heavy atom. The summed E-state index contributed by atoms with van der Waals surface area (Å²) in [5.41, 5.74) is -6.02. The molecule has 3 aliphatic carbocycles. The topological polar surface area (TPSA) is 173 Å². The van der Waals surface area contributed by atoms with Gasteiger partial charge >= 0.3 is 17.8 Å². The van der Waals surface area contributed by atoms with Crippen molar-refractivity contribution in [1.82, 2.24) is 0 Å². The Morgan fingerprint density at radius 3 is 2.35 bits per heavy atom. The third-order valence-corrected chi connectivity index (χ3v) is 13.6. The van der Waals surface area contributed by atoms with Crippen molar-refractivity contribution >= 4 is 29.1 Å². The van der Waals surface area contributed by atoms with Crippen molar-refractivity contribution in [3.05, 3.63) is 93.8 Å². The van der Waals surface area contributed by atoms with Crippen molar-refractivity contribution in [1.29, 1.82) is 0 Å². The average molecular weight is 763 g/mol. The van der Waals surface area contributed by atoms with Crippen molar-refractivity contribution in [3.63, 3.8) is 0 Å². The standard InChI is InChI=1S/C41H48NO11S/c1-22(24-12-8-7-9-13-24)32(52-29-14-10-11-16-42(29)6)37(47)51-26-19-41(49)35(53-36(46)25-15-17-54-20-25)33-39(5,27(43)18-28-40(33,48)21-50-28)34(45)31(44)30(23(26)2)38(41,3)4/h7-17,20,22,26-28,31-33,35,43-44,48-49H,18-19,21H2,1-6H3/q+1/t22-,26?,27?,28?,31?,32?,33?,35?,39+,40-,41?/m0/s1. The van der Waals surface area contributed by atoms with Gasteiger partial charge in [0, 0.05) is 41.5 Å². The molecule has 288 valence electrons. The van der Waals surface area contributed by atoms with E-state index in [0.717, 1.165) is 5.56 Å². The van der Waals surface area contributed by atoms with Gasteiger partial charge in [0.1, 0.15) is 36.6 Å².